The van der Waals surface area contributed by atoms with E-state index in [1.165, 1.54) is 16.6 Å². The van der Waals surface area contributed by atoms with Crippen molar-refractivity contribution in [3.05, 3.63) is 36.0 Å². The normalized spacial score (nSPS) is 12.2. The van der Waals surface area contributed by atoms with Gasteiger partial charge < -0.3 is 9.30 Å². The van der Waals surface area contributed by atoms with Gasteiger partial charge in [-0.2, -0.15) is 0 Å². The van der Waals surface area contributed by atoms with Crippen LogP contribution in [0.3, 0.4) is 0 Å². The van der Waals surface area contributed by atoms with Gasteiger partial charge in [-0.15, -0.1) is 0 Å². The summed E-state index contributed by atoms with van der Waals surface area (Å²) in [5.74, 6) is 0. The van der Waals surface area contributed by atoms with Crippen molar-refractivity contribution in [3.63, 3.8) is 0 Å². The molecule has 0 amide bonds. The number of aromatic nitrogens is 1. The largest absolute Gasteiger partial charge is 0.374 e. The van der Waals surface area contributed by atoms with E-state index in [0.717, 1.165) is 13.2 Å². The Morgan fingerprint density at radius 1 is 1.18 bits per heavy atom. The van der Waals surface area contributed by atoms with E-state index in [4.69, 9.17) is 4.74 Å². The number of aryl methyl sites for hydroxylation is 1. The first-order valence-electron chi connectivity index (χ1n) is 6.16. The van der Waals surface area contributed by atoms with Gasteiger partial charge in [-0.3, -0.25) is 0 Å². The molecule has 0 fully saturated rings. The Labute approximate surface area is 103 Å². The molecule has 0 N–H and O–H groups in total. The zero-order valence-electron chi connectivity index (χ0n) is 11.2. The van der Waals surface area contributed by atoms with E-state index in [-0.39, 0.29) is 5.60 Å². The molecule has 0 saturated carbocycles. The fourth-order valence-corrected chi connectivity index (χ4v) is 2.09. The third-order valence-electron chi connectivity index (χ3n) is 2.87. The molecule has 0 saturated heterocycles. The maximum Gasteiger partial charge on any atom is 0.0652 e. The maximum absolute atomic E-state index is 5.79. The zero-order chi connectivity index (χ0) is 12.5. The molecule has 0 atom stereocenters. The smallest absolute Gasteiger partial charge is 0.0652 e. The summed E-state index contributed by atoms with van der Waals surface area (Å²) >= 11 is 0. The highest BCUT2D eigenvalue weighted by molar-refractivity contribution is 5.81. The SMILES string of the molecule is Cc1cc2ccccc2n1CCOC(C)(C)C. The van der Waals surface area contributed by atoms with Crippen LogP contribution in [0, 0.1) is 6.92 Å². The van der Waals surface area contributed by atoms with Crippen LogP contribution in [0.2, 0.25) is 0 Å². The summed E-state index contributed by atoms with van der Waals surface area (Å²) in [5.41, 5.74) is 2.53. The van der Waals surface area contributed by atoms with E-state index in [1.54, 1.807) is 0 Å². The van der Waals surface area contributed by atoms with Crippen LogP contribution in [0.25, 0.3) is 10.9 Å². The van der Waals surface area contributed by atoms with Crippen LogP contribution in [0.5, 0.6) is 0 Å². The van der Waals surface area contributed by atoms with Gasteiger partial charge in [0, 0.05) is 17.8 Å². The molecule has 0 aliphatic carbocycles. The predicted octanol–water partition coefficient (Wildman–Crippen LogP) is 3.76. The van der Waals surface area contributed by atoms with Gasteiger partial charge in [0.25, 0.3) is 0 Å². The lowest BCUT2D eigenvalue weighted by Gasteiger charge is -2.20. The first-order valence-corrected chi connectivity index (χ1v) is 6.16. The van der Waals surface area contributed by atoms with Gasteiger partial charge in [-0.25, -0.2) is 0 Å². The Balaban J connectivity index is 2.15. The number of fused-ring (bicyclic) bond motifs is 1. The standard InChI is InChI=1S/C15H21NO/c1-12-11-13-7-5-6-8-14(13)16(12)9-10-17-15(2,3)4/h5-8,11H,9-10H2,1-4H3. The minimum Gasteiger partial charge on any atom is -0.374 e. The number of ether oxygens (including phenoxy) is 1. The molecule has 2 aromatic rings. The number of benzene rings is 1. The van der Waals surface area contributed by atoms with Gasteiger partial charge >= 0.3 is 0 Å². The topological polar surface area (TPSA) is 14.2 Å². The Kier molecular flexibility index (Phi) is 3.25. The third kappa shape index (κ3) is 2.89. The fraction of sp³-hybridized carbons (Fsp3) is 0.467. The second-order valence-corrected chi connectivity index (χ2v) is 5.46. The molecule has 1 aromatic carbocycles. The van der Waals surface area contributed by atoms with E-state index in [0.29, 0.717) is 0 Å². The molecular formula is C15H21NO. The molecule has 0 bridgehead atoms. The van der Waals surface area contributed by atoms with Crippen LogP contribution >= 0.6 is 0 Å². The summed E-state index contributed by atoms with van der Waals surface area (Å²) in [6.45, 7) is 10.1. The van der Waals surface area contributed by atoms with Crippen LogP contribution in [-0.4, -0.2) is 16.8 Å². The zero-order valence-corrected chi connectivity index (χ0v) is 11.2. The summed E-state index contributed by atoms with van der Waals surface area (Å²) in [6.07, 6.45) is 0. The second-order valence-electron chi connectivity index (χ2n) is 5.46. The summed E-state index contributed by atoms with van der Waals surface area (Å²) < 4.78 is 8.11. The third-order valence-corrected chi connectivity index (χ3v) is 2.87. The molecule has 2 heteroatoms. The van der Waals surface area contributed by atoms with Gasteiger partial charge in [0.15, 0.2) is 0 Å². The maximum atomic E-state index is 5.79. The fourth-order valence-electron chi connectivity index (χ4n) is 2.09. The van der Waals surface area contributed by atoms with E-state index in [1.807, 2.05) is 0 Å². The minimum atomic E-state index is -0.0587. The average Bonchev–Trinajstić information content (AvgIpc) is 2.54. The highest BCUT2D eigenvalue weighted by Crippen LogP contribution is 2.19. The monoisotopic (exact) mass is 231 g/mol. The molecule has 0 radical (unpaired) electrons. The van der Waals surface area contributed by atoms with Crippen molar-refractivity contribution in [2.24, 2.45) is 0 Å². The second kappa shape index (κ2) is 4.53. The van der Waals surface area contributed by atoms with Crippen molar-refractivity contribution < 1.29 is 4.74 Å². The Morgan fingerprint density at radius 3 is 2.59 bits per heavy atom. The van der Waals surface area contributed by atoms with Crippen LogP contribution in [0.1, 0.15) is 26.5 Å². The number of hydrogen-bond donors (Lipinski definition) is 0. The summed E-state index contributed by atoms with van der Waals surface area (Å²) in [6, 6.07) is 10.7. The van der Waals surface area contributed by atoms with Gasteiger partial charge in [-0.05, 0) is 45.2 Å². The molecule has 17 heavy (non-hydrogen) atoms. The summed E-state index contributed by atoms with van der Waals surface area (Å²) in [7, 11) is 0. The Bertz CT molecular complexity index is 505. The predicted molar refractivity (Wildman–Crippen MR) is 72.4 cm³/mol. The van der Waals surface area contributed by atoms with Crippen molar-refractivity contribution in [1.29, 1.82) is 0 Å². The van der Waals surface area contributed by atoms with Crippen LogP contribution in [0.15, 0.2) is 30.3 Å². The van der Waals surface area contributed by atoms with E-state index < -0.39 is 0 Å². The van der Waals surface area contributed by atoms with Crippen molar-refractivity contribution in [2.75, 3.05) is 6.61 Å². The molecule has 1 aromatic heterocycles. The Hall–Kier alpha value is -1.28. The van der Waals surface area contributed by atoms with Gasteiger partial charge in [0.1, 0.15) is 0 Å². The molecule has 0 aliphatic heterocycles. The lowest BCUT2D eigenvalue weighted by molar-refractivity contribution is -0.00660. The minimum absolute atomic E-state index is 0.0587. The highest BCUT2D eigenvalue weighted by atomic mass is 16.5. The van der Waals surface area contributed by atoms with Gasteiger partial charge in [0.05, 0.1) is 12.2 Å². The molecule has 0 unspecified atom stereocenters. The molecule has 0 spiro atoms. The van der Waals surface area contributed by atoms with Gasteiger partial charge in [-0.1, -0.05) is 18.2 Å². The summed E-state index contributed by atoms with van der Waals surface area (Å²) in [4.78, 5) is 0. The highest BCUT2D eigenvalue weighted by Gasteiger charge is 2.10. The first kappa shape index (κ1) is 12.2. The molecule has 2 nitrogen and oxygen atoms in total. The van der Waals surface area contributed by atoms with Gasteiger partial charge in [0.2, 0.25) is 0 Å². The Morgan fingerprint density at radius 2 is 1.88 bits per heavy atom. The van der Waals surface area contributed by atoms with Crippen LogP contribution < -0.4 is 0 Å². The molecule has 92 valence electrons. The van der Waals surface area contributed by atoms with Crippen LogP contribution in [0.4, 0.5) is 0 Å². The van der Waals surface area contributed by atoms with Crippen molar-refractivity contribution in [3.8, 4) is 0 Å². The van der Waals surface area contributed by atoms with E-state index in [2.05, 4.69) is 62.6 Å². The lowest BCUT2D eigenvalue weighted by Crippen LogP contribution is -2.22. The summed E-state index contributed by atoms with van der Waals surface area (Å²) in [5, 5.41) is 1.31. The average molecular weight is 231 g/mol. The molecule has 2 rings (SSSR count). The molecule has 1 heterocycles. The first-order chi connectivity index (χ1) is 7.97. The lowest BCUT2D eigenvalue weighted by atomic mass is 10.2. The van der Waals surface area contributed by atoms with E-state index >= 15 is 0 Å². The number of nitrogens with zero attached hydrogens (tertiary/aromatic N) is 1. The van der Waals surface area contributed by atoms with Crippen molar-refractivity contribution in [1.82, 2.24) is 4.57 Å². The quantitative estimate of drug-likeness (QED) is 0.784. The molecular weight excluding hydrogens is 210 g/mol. The number of para-hydroxylation sites is 1. The van der Waals surface area contributed by atoms with Crippen molar-refractivity contribution >= 4 is 10.9 Å². The molecule has 0 aliphatic rings. The van der Waals surface area contributed by atoms with Crippen LogP contribution in [-0.2, 0) is 11.3 Å². The van der Waals surface area contributed by atoms with E-state index in [9.17, 15) is 0 Å². The number of rotatable bonds is 3. The number of hydrogen-bond acceptors (Lipinski definition) is 1. The van der Waals surface area contributed by atoms with Crippen molar-refractivity contribution in [2.45, 2.75) is 39.8 Å².